The van der Waals surface area contributed by atoms with Gasteiger partial charge in [-0.05, 0) is 0 Å². The Morgan fingerprint density at radius 1 is 0.650 bits per heavy atom. The summed E-state index contributed by atoms with van der Waals surface area (Å²) in [5.41, 5.74) is 11.0. The van der Waals surface area contributed by atoms with Crippen molar-refractivity contribution >= 4 is 14.4 Å². The van der Waals surface area contributed by atoms with Crippen LogP contribution in [0, 0.1) is 10.4 Å². The van der Waals surface area contributed by atoms with E-state index in [1.165, 1.54) is 93.4 Å². The standard InChI is InChI=1S/C39H37.Zr/c1-38(2,3)33-23-15-22-29-30-25-34(39(4,5)6)37(36(28-20-13-14-21-28)32(30)24-31(29)33)35(26-16-9-7-10-17-26)27-18-11-8-12-19-27;/h7-20,22-23,25H,21H2,1-6H3;. The first-order valence-electron chi connectivity index (χ1n) is 14.4. The quantitative estimate of drug-likeness (QED) is 0.224. The fraction of sp³-hybridized carbons (Fsp3) is 0.231. The van der Waals surface area contributed by atoms with Crippen molar-refractivity contribution in [2.24, 2.45) is 0 Å². The number of fused-ring (bicyclic) bond motifs is 2. The zero-order valence-corrected chi connectivity index (χ0v) is 27.0. The molecule has 1 heteroatoms. The Morgan fingerprint density at radius 3 is 1.77 bits per heavy atom. The van der Waals surface area contributed by atoms with Crippen molar-refractivity contribution in [1.29, 1.82) is 0 Å². The molecular weight excluding hydrogens is 560 g/mol. The van der Waals surface area contributed by atoms with Crippen LogP contribution in [0.25, 0.3) is 14.4 Å². The molecule has 0 atom stereocenters. The van der Waals surface area contributed by atoms with Crippen molar-refractivity contribution in [2.75, 3.05) is 0 Å². The number of benzene rings is 4. The van der Waals surface area contributed by atoms with E-state index in [4.69, 9.17) is 0 Å². The second-order valence-corrected chi connectivity index (χ2v) is 14.4. The van der Waals surface area contributed by atoms with Gasteiger partial charge in [0, 0.05) is 0 Å². The van der Waals surface area contributed by atoms with Gasteiger partial charge in [-0.1, -0.05) is 0 Å². The Balaban J connectivity index is 1.95. The van der Waals surface area contributed by atoms with E-state index < -0.39 is 0 Å². The molecule has 0 nitrogen and oxygen atoms in total. The van der Waals surface area contributed by atoms with Gasteiger partial charge in [0.15, 0.2) is 0 Å². The van der Waals surface area contributed by atoms with Crippen molar-refractivity contribution in [3.05, 3.63) is 157 Å². The van der Waals surface area contributed by atoms with Crippen LogP contribution in [0.1, 0.15) is 81.3 Å². The van der Waals surface area contributed by atoms with Gasteiger partial charge in [-0.25, -0.2) is 0 Å². The third kappa shape index (κ3) is 4.57. The molecule has 6 rings (SSSR count). The van der Waals surface area contributed by atoms with Crippen LogP contribution in [0.4, 0.5) is 0 Å². The Labute approximate surface area is 254 Å². The molecule has 197 valence electrons. The zero-order valence-electron chi connectivity index (χ0n) is 24.5. The van der Waals surface area contributed by atoms with Crippen molar-refractivity contribution in [2.45, 2.75) is 58.8 Å². The van der Waals surface area contributed by atoms with Gasteiger partial charge in [-0.2, -0.15) is 0 Å². The molecule has 40 heavy (non-hydrogen) atoms. The summed E-state index contributed by atoms with van der Waals surface area (Å²) in [5.74, 6) is 0. The zero-order chi connectivity index (χ0) is 28.2. The Morgan fingerprint density at radius 2 is 1.25 bits per heavy atom. The third-order valence-corrected chi connectivity index (χ3v) is 9.49. The summed E-state index contributed by atoms with van der Waals surface area (Å²) in [4.78, 5) is 0. The topological polar surface area (TPSA) is 0 Å². The molecule has 0 fully saturated rings. The molecule has 2 aliphatic rings. The molecule has 0 bridgehead atoms. The van der Waals surface area contributed by atoms with Gasteiger partial charge in [0.2, 0.25) is 0 Å². The molecule has 0 spiro atoms. The predicted molar refractivity (Wildman–Crippen MR) is 166 cm³/mol. The van der Waals surface area contributed by atoms with E-state index in [9.17, 15) is 0 Å². The fourth-order valence-electron chi connectivity index (χ4n) is 6.42. The average Bonchev–Trinajstić information content (AvgIpc) is 3.56. The summed E-state index contributed by atoms with van der Waals surface area (Å²) in [6.45, 7) is 14.2. The molecule has 0 amide bonds. The van der Waals surface area contributed by atoms with E-state index in [-0.39, 0.29) is 10.8 Å². The first kappa shape index (κ1) is 27.2. The van der Waals surface area contributed by atoms with Gasteiger partial charge in [-0.3, -0.25) is 0 Å². The fourth-order valence-corrected chi connectivity index (χ4v) is 7.72. The number of rotatable bonds is 3. The van der Waals surface area contributed by atoms with Crippen LogP contribution in [-0.4, -0.2) is 0 Å². The molecule has 0 saturated heterocycles. The van der Waals surface area contributed by atoms with Crippen molar-refractivity contribution in [3.8, 4) is 0 Å². The molecule has 0 N–H and O–H groups in total. The molecule has 0 saturated carbocycles. The molecule has 0 radical (unpaired) electrons. The minimum atomic E-state index is -0.0494. The van der Waals surface area contributed by atoms with Crippen LogP contribution in [0.3, 0.4) is 0 Å². The molecule has 0 aliphatic heterocycles. The van der Waals surface area contributed by atoms with E-state index in [0.717, 1.165) is 6.42 Å². The molecule has 2 aliphatic carbocycles. The van der Waals surface area contributed by atoms with E-state index >= 15 is 0 Å². The monoisotopic (exact) mass is 595 g/mol. The van der Waals surface area contributed by atoms with Crippen LogP contribution in [0.15, 0.2) is 103 Å². The molecule has 0 aromatic heterocycles. The minimum absolute atomic E-state index is 0.0494. The van der Waals surface area contributed by atoms with E-state index in [1.807, 2.05) is 0 Å². The van der Waals surface area contributed by atoms with Crippen LogP contribution >= 0.6 is 0 Å². The van der Waals surface area contributed by atoms with Crippen LogP contribution in [0.2, 0.25) is 0 Å². The summed E-state index contributed by atoms with van der Waals surface area (Å²) < 4.78 is 1.49. The molecule has 4 aromatic carbocycles. The SMILES string of the molecule is CC(C)(C)c1cc2c(c(C3=CC=CC3)c1=C(c1ccccc1)c1ccccc1)[C]([Zr])=c1c(C(C)(C)C)cccc1=2. The third-order valence-electron chi connectivity index (χ3n) is 8.27. The number of hydrogen-bond donors (Lipinski definition) is 0. The van der Waals surface area contributed by atoms with Crippen LogP contribution in [0.5, 0.6) is 0 Å². The first-order valence-corrected chi connectivity index (χ1v) is 15.6. The maximum atomic E-state index is 2.55. The first-order chi connectivity index (χ1) is 19.1. The van der Waals surface area contributed by atoms with E-state index in [0.29, 0.717) is 0 Å². The van der Waals surface area contributed by atoms with Gasteiger partial charge >= 0.3 is 255 Å². The van der Waals surface area contributed by atoms with Gasteiger partial charge in [0.1, 0.15) is 0 Å². The second-order valence-electron chi connectivity index (χ2n) is 13.1. The van der Waals surface area contributed by atoms with Gasteiger partial charge in [0.05, 0.1) is 0 Å². The normalized spacial score (nSPS) is 14.2. The summed E-state index contributed by atoms with van der Waals surface area (Å²) in [7, 11) is 0. The van der Waals surface area contributed by atoms with Crippen LogP contribution in [-0.2, 0) is 35.5 Å². The molecule has 4 aromatic rings. The van der Waals surface area contributed by atoms with Crippen molar-refractivity contribution in [3.63, 3.8) is 0 Å². The van der Waals surface area contributed by atoms with Gasteiger partial charge < -0.3 is 0 Å². The maximum absolute atomic E-state index is 2.55. The summed E-state index contributed by atoms with van der Waals surface area (Å²) in [6.07, 6.45) is 7.88. The summed E-state index contributed by atoms with van der Waals surface area (Å²) >= 11 is 1.47. The predicted octanol–water partition coefficient (Wildman–Crippen LogP) is 8.18. The Bertz CT molecular complexity index is 1870. The average molecular weight is 597 g/mol. The molecule has 0 unspecified atom stereocenters. The Hall–Kier alpha value is -3.02. The van der Waals surface area contributed by atoms with Crippen molar-refractivity contribution in [1.82, 2.24) is 0 Å². The van der Waals surface area contributed by atoms with Gasteiger partial charge in [0.25, 0.3) is 0 Å². The second kappa shape index (κ2) is 10.1. The van der Waals surface area contributed by atoms with E-state index in [1.54, 1.807) is 0 Å². The van der Waals surface area contributed by atoms with Crippen molar-refractivity contribution < 1.29 is 24.7 Å². The number of allylic oxidation sites excluding steroid dienone is 4. The van der Waals surface area contributed by atoms with E-state index in [2.05, 4.69) is 145 Å². The summed E-state index contributed by atoms with van der Waals surface area (Å²) in [6, 6.07) is 31.6. The van der Waals surface area contributed by atoms with Crippen LogP contribution < -0.4 is 10.4 Å². The number of hydrogen-bond acceptors (Lipinski definition) is 0. The molecule has 0 heterocycles. The summed E-state index contributed by atoms with van der Waals surface area (Å²) in [5, 5.41) is 5.67. The van der Waals surface area contributed by atoms with Gasteiger partial charge in [-0.15, -0.1) is 0 Å². The molecular formula is C39H37Zr. The Kier molecular flexibility index (Phi) is 6.87.